The summed E-state index contributed by atoms with van der Waals surface area (Å²) in [5.74, 6) is 0.734. The van der Waals surface area contributed by atoms with Crippen LogP contribution in [0.2, 0.25) is 0 Å². The predicted molar refractivity (Wildman–Crippen MR) is 76.4 cm³/mol. The number of nitrogens with zero attached hydrogens (tertiary/aromatic N) is 2. The molecule has 2 saturated heterocycles. The monoisotopic (exact) mass is 293 g/mol. The molecule has 0 aliphatic carbocycles. The van der Waals surface area contributed by atoms with E-state index in [1.807, 2.05) is 17.2 Å². The summed E-state index contributed by atoms with van der Waals surface area (Å²) in [7, 11) is 0. The summed E-state index contributed by atoms with van der Waals surface area (Å²) in [4.78, 5) is 30.0. The maximum atomic E-state index is 12.3. The molecule has 2 amide bonds. The maximum absolute atomic E-state index is 12.3. The molecule has 20 heavy (non-hydrogen) atoms. The zero-order chi connectivity index (χ0) is 14.1. The SMILES string of the molecule is Cc1nc(CC(=O)N2CCC3NC(=O)CCC3C2)cs1. The zero-order valence-electron chi connectivity index (χ0n) is 11.6. The molecule has 1 aromatic rings. The Morgan fingerprint density at radius 3 is 3.15 bits per heavy atom. The molecule has 2 unspecified atom stereocenters. The van der Waals surface area contributed by atoms with E-state index in [2.05, 4.69) is 10.3 Å². The van der Waals surface area contributed by atoms with E-state index in [0.29, 0.717) is 18.8 Å². The van der Waals surface area contributed by atoms with E-state index in [0.717, 1.165) is 36.6 Å². The van der Waals surface area contributed by atoms with Gasteiger partial charge in [-0.1, -0.05) is 0 Å². The molecule has 6 heteroatoms. The number of likely N-dealkylation sites (tertiary alicyclic amines) is 1. The first-order chi connectivity index (χ1) is 9.61. The van der Waals surface area contributed by atoms with Gasteiger partial charge in [-0.05, 0) is 25.7 Å². The molecular formula is C14H19N3O2S. The molecule has 0 bridgehead atoms. The molecule has 1 aromatic heterocycles. The molecule has 2 fully saturated rings. The summed E-state index contributed by atoms with van der Waals surface area (Å²) in [6.45, 7) is 3.46. The Hall–Kier alpha value is -1.43. The van der Waals surface area contributed by atoms with Crippen molar-refractivity contribution in [3.63, 3.8) is 0 Å². The van der Waals surface area contributed by atoms with Crippen molar-refractivity contribution < 1.29 is 9.59 Å². The Labute approximate surface area is 122 Å². The predicted octanol–water partition coefficient (Wildman–Crippen LogP) is 1.12. The fourth-order valence-corrected chi connectivity index (χ4v) is 3.71. The standard InChI is InChI=1S/C14H19N3O2S/c1-9-15-11(8-20-9)6-14(19)17-5-4-12-10(7-17)2-3-13(18)16-12/h8,10,12H,2-7H2,1H3,(H,16,18). The molecule has 0 saturated carbocycles. The van der Waals surface area contributed by atoms with Gasteiger partial charge in [0.05, 0.1) is 17.1 Å². The number of carbonyl (C=O) groups is 2. The van der Waals surface area contributed by atoms with Crippen LogP contribution in [0.15, 0.2) is 5.38 Å². The van der Waals surface area contributed by atoms with E-state index >= 15 is 0 Å². The van der Waals surface area contributed by atoms with Gasteiger partial charge in [-0.2, -0.15) is 0 Å². The van der Waals surface area contributed by atoms with E-state index in [1.165, 1.54) is 0 Å². The maximum Gasteiger partial charge on any atom is 0.228 e. The number of thiazole rings is 1. The molecule has 1 N–H and O–H groups in total. The van der Waals surface area contributed by atoms with Gasteiger partial charge in [-0.25, -0.2) is 4.98 Å². The van der Waals surface area contributed by atoms with Gasteiger partial charge in [-0.15, -0.1) is 11.3 Å². The van der Waals surface area contributed by atoms with Crippen molar-refractivity contribution in [2.75, 3.05) is 13.1 Å². The summed E-state index contributed by atoms with van der Waals surface area (Å²) < 4.78 is 0. The van der Waals surface area contributed by atoms with Gasteiger partial charge in [0, 0.05) is 30.9 Å². The van der Waals surface area contributed by atoms with Crippen molar-refractivity contribution in [2.45, 2.75) is 38.6 Å². The first kappa shape index (κ1) is 13.5. The highest BCUT2D eigenvalue weighted by Crippen LogP contribution is 2.25. The van der Waals surface area contributed by atoms with E-state index in [4.69, 9.17) is 0 Å². The second-order valence-corrected chi connectivity index (χ2v) is 6.70. The molecular weight excluding hydrogens is 274 g/mol. The molecule has 3 rings (SSSR count). The summed E-state index contributed by atoms with van der Waals surface area (Å²) in [6.07, 6.45) is 2.76. The molecule has 3 heterocycles. The third kappa shape index (κ3) is 2.85. The number of nitrogens with one attached hydrogen (secondary N) is 1. The van der Waals surface area contributed by atoms with Crippen molar-refractivity contribution in [3.8, 4) is 0 Å². The third-order valence-corrected chi connectivity index (χ3v) is 5.00. The second kappa shape index (κ2) is 5.52. The Kier molecular flexibility index (Phi) is 3.74. The Bertz CT molecular complexity index is 528. The van der Waals surface area contributed by atoms with Crippen LogP contribution in [-0.2, 0) is 16.0 Å². The molecule has 0 radical (unpaired) electrons. The van der Waals surface area contributed by atoms with Gasteiger partial charge in [0.1, 0.15) is 0 Å². The minimum absolute atomic E-state index is 0.156. The van der Waals surface area contributed by atoms with Crippen LogP contribution in [0.3, 0.4) is 0 Å². The summed E-state index contributed by atoms with van der Waals surface area (Å²) in [5.41, 5.74) is 0.872. The smallest absolute Gasteiger partial charge is 0.228 e. The molecule has 2 aliphatic heterocycles. The van der Waals surface area contributed by atoms with Gasteiger partial charge < -0.3 is 10.2 Å². The Morgan fingerprint density at radius 2 is 2.40 bits per heavy atom. The van der Waals surface area contributed by atoms with Crippen molar-refractivity contribution >= 4 is 23.2 Å². The van der Waals surface area contributed by atoms with Crippen LogP contribution in [0.1, 0.15) is 30.0 Å². The van der Waals surface area contributed by atoms with Crippen LogP contribution in [0.25, 0.3) is 0 Å². The first-order valence-corrected chi connectivity index (χ1v) is 7.98. The molecule has 2 atom stereocenters. The average Bonchev–Trinajstić information content (AvgIpc) is 2.83. The number of aryl methyl sites for hydroxylation is 1. The highest BCUT2D eigenvalue weighted by atomic mass is 32.1. The van der Waals surface area contributed by atoms with Crippen LogP contribution in [0.5, 0.6) is 0 Å². The number of rotatable bonds is 2. The molecule has 2 aliphatic rings. The molecule has 0 aromatic carbocycles. The lowest BCUT2D eigenvalue weighted by molar-refractivity contribution is -0.134. The van der Waals surface area contributed by atoms with Crippen molar-refractivity contribution in [3.05, 3.63) is 16.1 Å². The summed E-state index contributed by atoms with van der Waals surface area (Å²) in [5, 5.41) is 6.00. The summed E-state index contributed by atoms with van der Waals surface area (Å²) in [6, 6.07) is 0.266. The number of amides is 2. The normalized spacial score (nSPS) is 26.1. The Balaban J connectivity index is 1.58. The number of aromatic nitrogens is 1. The van der Waals surface area contributed by atoms with Gasteiger partial charge in [0.2, 0.25) is 11.8 Å². The highest BCUT2D eigenvalue weighted by molar-refractivity contribution is 7.09. The van der Waals surface area contributed by atoms with E-state index in [1.54, 1.807) is 11.3 Å². The third-order valence-electron chi connectivity index (χ3n) is 4.17. The van der Waals surface area contributed by atoms with Crippen molar-refractivity contribution in [1.82, 2.24) is 15.2 Å². The van der Waals surface area contributed by atoms with E-state index < -0.39 is 0 Å². The number of fused-ring (bicyclic) bond motifs is 1. The lowest BCUT2D eigenvalue weighted by Gasteiger charge is -2.41. The van der Waals surface area contributed by atoms with Crippen LogP contribution in [0.4, 0.5) is 0 Å². The fourth-order valence-electron chi connectivity index (χ4n) is 3.09. The molecule has 5 nitrogen and oxygen atoms in total. The van der Waals surface area contributed by atoms with Crippen LogP contribution < -0.4 is 5.32 Å². The molecule has 0 spiro atoms. The van der Waals surface area contributed by atoms with Crippen LogP contribution in [-0.4, -0.2) is 40.8 Å². The number of carbonyl (C=O) groups excluding carboxylic acids is 2. The lowest BCUT2D eigenvalue weighted by atomic mass is 9.85. The Morgan fingerprint density at radius 1 is 1.55 bits per heavy atom. The lowest BCUT2D eigenvalue weighted by Crippen LogP contribution is -2.55. The number of hydrogen-bond acceptors (Lipinski definition) is 4. The zero-order valence-corrected chi connectivity index (χ0v) is 12.4. The largest absolute Gasteiger partial charge is 0.353 e. The van der Waals surface area contributed by atoms with E-state index in [9.17, 15) is 9.59 Å². The number of hydrogen-bond donors (Lipinski definition) is 1. The first-order valence-electron chi connectivity index (χ1n) is 7.10. The second-order valence-electron chi connectivity index (χ2n) is 5.64. The van der Waals surface area contributed by atoms with E-state index in [-0.39, 0.29) is 17.9 Å². The number of piperidine rings is 2. The van der Waals surface area contributed by atoms with Crippen molar-refractivity contribution in [1.29, 1.82) is 0 Å². The fraction of sp³-hybridized carbons (Fsp3) is 0.643. The van der Waals surface area contributed by atoms with Gasteiger partial charge >= 0.3 is 0 Å². The topological polar surface area (TPSA) is 62.3 Å². The average molecular weight is 293 g/mol. The molecule has 108 valence electrons. The van der Waals surface area contributed by atoms with Crippen molar-refractivity contribution in [2.24, 2.45) is 5.92 Å². The quantitative estimate of drug-likeness (QED) is 0.889. The van der Waals surface area contributed by atoms with Gasteiger partial charge in [-0.3, -0.25) is 9.59 Å². The van der Waals surface area contributed by atoms with Crippen LogP contribution in [0, 0.1) is 12.8 Å². The summed E-state index contributed by atoms with van der Waals surface area (Å²) >= 11 is 1.58. The van der Waals surface area contributed by atoms with Gasteiger partial charge in [0.25, 0.3) is 0 Å². The van der Waals surface area contributed by atoms with Crippen LogP contribution >= 0.6 is 11.3 Å². The van der Waals surface area contributed by atoms with Gasteiger partial charge in [0.15, 0.2) is 0 Å². The highest BCUT2D eigenvalue weighted by Gasteiger charge is 2.35. The minimum Gasteiger partial charge on any atom is -0.353 e. The minimum atomic E-state index is 0.156.